The van der Waals surface area contributed by atoms with E-state index in [1.54, 1.807) is 7.11 Å². The molecule has 3 rings (SSSR count). The van der Waals surface area contributed by atoms with Crippen LogP contribution in [0.25, 0.3) is 10.8 Å². The van der Waals surface area contributed by atoms with Crippen LogP contribution in [0.3, 0.4) is 0 Å². The molecule has 0 spiro atoms. The van der Waals surface area contributed by atoms with Crippen molar-refractivity contribution in [3.8, 4) is 5.75 Å². The van der Waals surface area contributed by atoms with Crippen molar-refractivity contribution in [2.75, 3.05) is 33.4 Å². The fourth-order valence-corrected chi connectivity index (χ4v) is 3.20. The van der Waals surface area contributed by atoms with E-state index in [-0.39, 0.29) is 19.3 Å². The van der Waals surface area contributed by atoms with E-state index in [9.17, 15) is 5.11 Å². The number of aliphatic hydroxyl groups is 2. The van der Waals surface area contributed by atoms with Crippen LogP contribution >= 0.6 is 0 Å². The van der Waals surface area contributed by atoms with E-state index in [2.05, 4.69) is 18.2 Å². The van der Waals surface area contributed by atoms with Gasteiger partial charge in [-0.15, -0.1) is 0 Å². The maximum absolute atomic E-state index is 9.40. The average Bonchev–Trinajstić information content (AvgIpc) is 2.70. The molecule has 0 saturated carbocycles. The van der Waals surface area contributed by atoms with Gasteiger partial charge in [0.2, 0.25) is 0 Å². The van der Waals surface area contributed by atoms with E-state index < -0.39 is 6.10 Å². The van der Waals surface area contributed by atoms with Gasteiger partial charge in [-0.3, -0.25) is 4.84 Å². The Hall–Kier alpha value is -1.70. The lowest BCUT2D eigenvalue weighted by Gasteiger charge is -2.32. The Labute approximate surface area is 153 Å². The van der Waals surface area contributed by atoms with Crippen LogP contribution < -0.4 is 4.74 Å². The lowest BCUT2D eigenvalue weighted by atomic mass is 10.1. The molecule has 0 aromatic heterocycles. The molecule has 1 aliphatic rings. The van der Waals surface area contributed by atoms with Crippen LogP contribution in [0.4, 0.5) is 0 Å². The van der Waals surface area contributed by atoms with E-state index >= 15 is 0 Å². The van der Waals surface area contributed by atoms with Crippen LogP contribution in [0.1, 0.15) is 18.4 Å². The monoisotopic (exact) mass is 361 g/mol. The first-order valence-corrected chi connectivity index (χ1v) is 9.03. The fourth-order valence-electron chi connectivity index (χ4n) is 3.20. The minimum atomic E-state index is -0.846. The number of ether oxygens (including phenoxy) is 2. The number of rotatable bonds is 8. The highest BCUT2D eigenvalue weighted by atomic mass is 16.7. The number of benzene rings is 2. The van der Waals surface area contributed by atoms with Crippen LogP contribution in [0.5, 0.6) is 5.75 Å². The van der Waals surface area contributed by atoms with E-state index in [0.29, 0.717) is 13.2 Å². The highest BCUT2D eigenvalue weighted by Crippen LogP contribution is 2.28. The van der Waals surface area contributed by atoms with Crippen molar-refractivity contribution in [3.63, 3.8) is 0 Å². The van der Waals surface area contributed by atoms with Gasteiger partial charge in [-0.2, -0.15) is 5.06 Å². The molecule has 26 heavy (non-hydrogen) atoms. The molecule has 0 bridgehead atoms. The zero-order chi connectivity index (χ0) is 18.4. The molecule has 0 aliphatic carbocycles. The Kier molecular flexibility index (Phi) is 6.82. The number of nitrogens with zero attached hydrogens (tertiary/aromatic N) is 1. The number of hydrogen-bond acceptors (Lipinski definition) is 6. The molecule has 142 valence electrons. The second-order valence-electron chi connectivity index (χ2n) is 6.61. The minimum absolute atomic E-state index is 0.0764. The van der Waals surface area contributed by atoms with Gasteiger partial charge in [0.15, 0.2) is 0 Å². The molecule has 2 atom stereocenters. The highest BCUT2D eigenvalue weighted by Gasteiger charge is 2.22. The van der Waals surface area contributed by atoms with Gasteiger partial charge in [0, 0.05) is 11.9 Å². The summed E-state index contributed by atoms with van der Waals surface area (Å²) in [5.74, 6) is 0.855. The van der Waals surface area contributed by atoms with E-state index in [1.807, 2.05) is 23.3 Å². The SMILES string of the molecule is COc1cc(COC2CCCN(OC[C@H](O)CO)C2)cc2ccccc12. The Morgan fingerprint density at radius 1 is 1.27 bits per heavy atom. The number of hydroxylamine groups is 2. The van der Waals surface area contributed by atoms with E-state index in [0.717, 1.165) is 41.5 Å². The van der Waals surface area contributed by atoms with Gasteiger partial charge in [-0.05, 0) is 35.9 Å². The zero-order valence-electron chi connectivity index (χ0n) is 15.1. The Balaban J connectivity index is 1.57. The van der Waals surface area contributed by atoms with Crippen LogP contribution in [0, 0.1) is 0 Å². The number of aliphatic hydroxyl groups excluding tert-OH is 2. The standard InChI is InChI=1S/C20H27NO5/c1-24-20-10-15(9-16-5-2-3-7-19(16)20)13-25-18-6-4-8-21(11-18)26-14-17(23)12-22/h2-3,5,7,9-10,17-18,22-23H,4,6,8,11-14H2,1H3/t17-,18?/m1/s1. The van der Waals surface area contributed by atoms with E-state index in [1.165, 1.54) is 0 Å². The minimum Gasteiger partial charge on any atom is -0.496 e. The van der Waals surface area contributed by atoms with Crippen LogP contribution in [0.15, 0.2) is 36.4 Å². The first-order valence-electron chi connectivity index (χ1n) is 9.03. The molecular weight excluding hydrogens is 334 g/mol. The third-order valence-corrected chi connectivity index (χ3v) is 4.59. The summed E-state index contributed by atoms with van der Waals surface area (Å²) in [5, 5.41) is 22.3. The Morgan fingerprint density at radius 3 is 2.92 bits per heavy atom. The molecular formula is C20H27NO5. The lowest BCUT2D eigenvalue weighted by Crippen LogP contribution is -2.41. The summed E-state index contributed by atoms with van der Waals surface area (Å²) in [5.41, 5.74) is 1.08. The normalized spacial score (nSPS) is 19.6. The quantitative estimate of drug-likeness (QED) is 0.750. The van der Waals surface area contributed by atoms with Crippen molar-refractivity contribution in [2.45, 2.75) is 31.7 Å². The first kappa shape index (κ1) is 19.1. The summed E-state index contributed by atoms with van der Waals surface area (Å²) in [4.78, 5) is 5.54. The van der Waals surface area contributed by atoms with Gasteiger partial charge in [-0.25, -0.2) is 0 Å². The van der Waals surface area contributed by atoms with Gasteiger partial charge in [0.1, 0.15) is 11.9 Å². The second-order valence-corrected chi connectivity index (χ2v) is 6.61. The highest BCUT2D eigenvalue weighted by molar-refractivity contribution is 5.89. The van der Waals surface area contributed by atoms with Crippen molar-refractivity contribution in [1.82, 2.24) is 5.06 Å². The lowest BCUT2D eigenvalue weighted by molar-refractivity contribution is -0.210. The number of piperidine rings is 1. The van der Waals surface area contributed by atoms with Crippen LogP contribution in [0.2, 0.25) is 0 Å². The third-order valence-electron chi connectivity index (χ3n) is 4.59. The molecule has 0 amide bonds. The van der Waals surface area contributed by atoms with Crippen LogP contribution in [-0.2, 0) is 16.2 Å². The number of methoxy groups -OCH3 is 1. The predicted molar refractivity (Wildman–Crippen MR) is 98.9 cm³/mol. The molecule has 1 heterocycles. The summed E-state index contributed by atoms with van der Waals surface area (Å²) in [6.07, 6.45) is 1.18. The molecule has 6 nitrogen and oxygen atoms in total. The van der Waals surface area contributed by atoms with Crippen molar-refractivity contribution < 1.29 is 24.5 Å². The number of hydrogen-bond donors (Lipinski definition) is 2. The maximum atomic E-state index is 9.40. The van der Waals surface area contributed by atoms with Crippen molar-refractivity contribution in [2.24, 2.45) is 0 Å². The zero-order valence-corrected chi connectivity index (χ0v) is 15.1. The molecule has 1 fully saturated rings. The third kappa shape index (κ3) is 4.93. The van der Waals surface area contributed by atoms with Crippen molar-refractivity contribution >= 4 is 10.8 Å². The van der Waals surface area contributed by atoms with E-state index in [4.69, 9.17) is 19.4 Å². The van der Waals surface area contributed by atoms with Crippen molar-refractivity contribution in [1.29, 1.82) is 0 Å². The molecule has 1 unspecified atom stereocenters. The summed E-state index contributed by atoms with van der Waals surface area (Å²) < 4.78 is 11.6. The van der Waals surface area contributed by atoms with Gasteiger partial charge in [0.25, 0.3) is 0 Å². The smallest absolute Gasteiger partial charge is 0.127 e. The largest absolute Gasteiger partial charge is 0.496 e. The summed E-state index contributed by atoms with van der Waals surface area (Å²) in [6.45, 7) is 1.78. The van der Waals surface area contributed by atoms with Crippen molar-refractivity contribution in [3.05, 3.63) is 42.0 Å². The Bertz CT molecular complexity index is 708. The maximum Gasteiger partial charge on any atom is 0.127 e. The van der Waals surface area contributed by atoms with Crippen LogP contribution in [-0.4, -0.2) is 60.9 Å². The van der Waals surface area contributed by atoms with Gasteiger partial charge < -0.3 is 19.7 Å². The second kappa shape index (κ2) is 9.30. The number of fused-ring (bicyclic) bond motifs is 1. The molecule has 2 aromatic rings. The van der Waals surface area contributed by atoms with Gasteiger partial charge in [-0.1, -0.05) is 24.3 Å². The first-order chi connectivity index (χ1) is 12.7. The Morgan fingerprint density at radius 2 is 2.12 bits per heavy atom. The summed E-state index contributed by atoms with van der Waals surface area (Å²) >= 11 is 0. The summed E-state index contributed by atoms with van der Waals surface area (Å²) in [6, 6.07) is 12.3. The average molecular weight is 361 g/mol. The molecule has 2 N–H and O–H groups in total. The molecule has 6 heteroatoms. The molecule has 1 saturated heterocycles. The molecule has 1 aliphatic heterocycles. The van der Waals surface area contributed by atoms with Gasteiger partial charge in [0.05, 0.1) is 39.6 Å². The predicted octanol–water partition coefficient (Wildman–Crippen LogP) is 2.11. The molecule has 2 aromatic carbocycles. The molecule has 0 radical (unpaired) electrons. The topological polar surface area (TPSA) is 71.4 Å². The summed E-state index contributed by atoms with van der Waals surface area (Å²) in [7, 11) is 1.68. The fraction of sp³-hybridized carbons (Fsp3) is 0.500. The van der Waals surface area contributed by atoms with Gasteiger partial charge >= 0.3 is 0 Å².